The monoisotopic (exact) mass is 443 g/mol. The lowest BCUT2D eigenvalue weighted by atomic mass is 9.94. The van der Waals surface area contributed by atoms with Crippen molar-refractivity contribution in [3.05, 3.63) is 51.3 Å². The number of hydrogen-bond acceptors (Lipinski definition) is 7. The lowest BCUT2D eigenvalue weighted by Crippen LogP contribution is -2.41. The van der Waals surface area contributed by atoms with Crippen molar-refractivity contribution in [3.63, 3.8) is 0 Å². The second kappa shape index (κ2) is 9.29. The number of carbonyl (C=O) groups is 4. The van der Waals surface area contributed by atoms with E-state index in [-0.39, 0.29) is 41.6 Å². The van der Waals surface area contributed by atoms with Crippen LogP contribution >= 0.6 is 0 Å². The van der Waals surface area contributed by atoms with Crippen molar-refractivity contribution in [1.29, 1.82) is 0 Å². The number of fused-ring (bicyclic) bond motifs is 1. The SMILES string of the molecule is Nc1nc2c(c(=O)[nH]1)[C@H](CCc1ccc(C(=O)N[C@@H](CCC(=O)O)C(=O)O)cc1)C(=O)N2. The molecule has 168 valence electrons. The highest BCUT2D eigenvalue weighted by Crippen LogP contribution is 2.31. The molecule has 0 spiro atoms. The third kappa shape index (κ3) is 5.09. The maximum absolute atomic E-state index is 12.3. The number of aromatic amines is 1. The summed E-state index contributed by atoms with van der Waals surface area (Å²) < 4.78 is 0. The number of nitrogens with one attached hydrogen (secondary N) is 3. The summed E-state index contributed by atoms with van der Waals surface area (Å²) in [6.07, 6.45) is 0.132. The van der Waals surface area contributed by atoms with Gasteiger partial charge in [-0.1, -0.05) is 12.1 Å². The number of amides is 2. The number of aromatic nitrogens is 2. The van der Waals surface area contributed by atoms with Gasteiger partial charge in [-0.05, 0) is 37.0 Å². The molecule has 3 rings (SSSR count). The van der Waals surface area contributed by atoms with Crippen LogP contribution in [0.3, 0.4) is 0 Å². The van der Waals surface area contributed by atoms with E-state index in [4.69, 9.17) is 15.9 Å². The Morgan fingerprint density at radius 3 is 2.47 bits per heavy atom. The van der Waals surface area contributed by atoms with Gasteiger partial charge in [-0.3, -0.25) is 24.2 Å². The summed E-state index contributed by atoms with van der Waals surface area (Å²) >= 11 is 0. The van der Waals surface area contributed by atoms with Crippen LogP contribution in [0.15, 0.2) is 29.1 Å². The summed E-state index contributed by atoms with van der Waals surface area (Å²) in [6, 6.07) is 4.99. The van der Waals surface area contributed by atoms with E-state index in [0.29, 0.717) is 12.8 Å². The molecule has 12 nitrogen and oxygen atoms in total. The van der Waals surface area contributed by atoms with Gasteiger partial charge in [0, 0.05) is 12.0 Å². The van der Waals surface area contributed by atoms with Crippen molar-refractivity contribution in [3.8, 4) is 0 Å². The maximum Gasteiger partial charge on any atom is 0.326 e. The molecule has 1 aromatic carbocycles. The van der Waals surface area contributed by atoms with E-state index in [1.165, 1.54) is 12.1 Å². The minimum atomic E-state index is -1.32. The van der Waals surface area contributed by atoms with Gasteiger partial charge in [-0.2, -0.15) is 4.98 Å². The van der Waals surface area contributed by atoms with Gasteiger partial charge < -0.3 is 26.6 Å². The second-order valence-corrected chi connectivity index (χ2v) is 7.29. The number of carboxylic acids is 2. The number of benzene rings is 1. The van der Waals surface area contributed by atoms with E-state index in [0.717, 1.165) is 5.56 Å². The molecule has 32 heavy (non-hydrogen) atoms. The Kier molecular flexibility index (Phi) is 6.52. The number of anilines is 2. The third-order valence-electron chi connectivity index (χ3n) is 5.07. The molecule has 2 aromatic rings. The molecular weight excluding hydrogens is 422 g/mol. The molecule has 0 radical (unpaired) electrons. The first kappa shape index (κ1) is 22.5. The van der Waals surface area contributed by atoms with E-state index in [1.54, 1.807) is 12.1 Å². The second-order valence-electron chi connectivity index (χ2n) is 7.29. The summed E-state index contributed by atoms with van der Waals surface area (Å²) in [5, 5.41) is 22.7. The van der Waals surface area contributed by atoms with Crippen molar-refractivity contribution in [2.75, 3.05) is 11.1 Å². The van der Waals surface area contributed by atoms with Crippen LogP contribution in [-0.4, -0.2) is 50.0 Å². The number of carbonyl (C=O) groups excluding carboxylic acids is 2. The summed E-state index contributed by atoms with van der Waals surface area (Å²) in [7, 11) is 0. The van der Waals surface area contributed by atoms with E-state index in [2.05, 4.69) is 20.6 Å². The van der Waals surface area contributed by atoms with Gasteiger partial charge in [0.25, 0.3) is 11.5 Å². The zero-order valence-electron chi connectivity index (χ0n) is 16.8. The highest BCUT2D eigenvalue weighted by Gasteiger charge is 2.34. The van der Waals surface area contributed by atoms with Crippen LogP contribution in [0.2, 0.25) is 0 Å². The van der Waals surface area contributed by atoms with Crippen molar-refractivity contribution in [2.24, 2.45) is 0 Å². The zero-order chi connectivity index (χ0) is 23.4. The number of nitrogens with zero attached hydrogens (tertiary/aromatic N) is 1. The molecular formula is C20H21N5O7. The van der Waals surface area contributed by atoms with Crippen LogP contribution in [0.4, 0.5) is 11.8 Å². The van der Waals surface area contributed by atoms with E-state index < -0.39 is 35.4 Å². The molecule has 0 saturated heterocycles. The van der Waals surface area contributed by atoms with E-state index in [9.17, 15) is 24.0 Å². The topological polar surface area (TPSA) is 205 Å². The smallest absolute Gasteiger partial charge is 0.326 e. The molecule has 0 saturated carbocycles. The fourth-order valence-electron chi connectivity index (χ4n) is 3.43. The predicted molar refractivity (Wildman–Crippen MR) is 111 cm³/mol. The molecule has 2 atom stereocenters. The fraction of sp³-hybridized carbons (Fsp3) is 0.300. The number of carboxylic acid groups (broad SMARTS) is 2. The van der Waals surface area contributed by atoms with Crippen LogP contribution in [0.25, 0.3) is 0 Å². The Bertz CT molecular complexity index is 1130. The number of hydrogen-bond donors (Lipinski definition) is 6. The molecule has 1 aliphatic rings. The molecule has 12 heteroatoms. The standard InChI is InChI=1S/C20H21N5O7/c21-20-24-15-14(18(30)25-20)11(17(29)23-15)6-3-9-1-4-10(5-2-9)16(28)22-12(19(31)32)7-8-13(26)27/h1-2,4-5,11-12H,3,6-8H2,(H,22,28)(H,26,27)(H,31,32)(H4,21,23,24,25,29,30)/t11-,12-/m0/s1. The van der Waals surface area contributed by atoms with Gasteiger partial charge in [0.15, 0.2) is 0 Å². The summed E-state index contributed by atoms with van der Waals surface area (Å²) in [5.41, 5.74) is 6.26. The largest absolute Gasteiger partial charge is 0.481 e. The van der Waals surface area contributed by atoms with E-state index >= 15 is 0 Å². The Hall–Kier alpha value is -4.22. The lowest BCUT2D eigenvalue weighted by Gasteiger charge is -2.14. The molecule has 0 fully saturated rings. The number of nitrogens with two attached hydrogens (primary N) is 1. The van der Waals surface area contributed by atoms with Crippen LogP contribution in [0, 0.1) is 0 Å². The molecule has 0 bridgehead atoms. The fourth-order valence-corrected chi connectivity index (χ4v) is 3.43. The number of H-pyrrole nitrogens is 1. The first-order chi connectivity index (χ1) is 15.2. The van der Waals surface area contributed by atoms with Gasteiger partial charge >= 0.3 is 11.9 Å². The van der Waals surface area contributed by atoms with Crippen molar-refractivity contribution < 1.29 is 29.4 Å². The highest BCUT2D eigenvalue weighted by atomic mass is 16.4. The van der Waals surface area contributed by atoms with Crippen LogP contribution < -0.4 is 21.9 Å². The quantitative estimate of drug-likeness (QED) is 0.310. The maximum atomic E-state index is 12.3. The lowest BCUT2D eigenvalue weighted by molar-refractivity contribution is -0.140. The minimum absolute atomic E-state index is 0.0864. The third-order valence-corrected chi connectivity index (χ3v) is 5.07. The number of aliphatic carboxylic acids is 2. The Balaban J connectivity index is 1.62. The molecule has 0 aliphatic carbocycles. The van der Waals surface area contributed by atoms with Gasteiger partial charge in [-0.25, -0.2) is 4.79 Å². The van der Waals surface area contributed by atoms with Gasteiger partial charge in [0.2, 0.25) is 11.9 Å². The molecule has 2 heterocycles. The summed E-state index contributed by atoms with van der Waals surface area (Å²) in [5.74, 6) is -4.09. The summed E-state index contributed by atoms with van der Waals surface area (Å²) in [4.78, 5) is 64.9. The first-order valence-corrected chi connectivity index (χ1v) is 9.70. The average molecular weight is 443 g/mol. The van der Waals surface area contributed by atoms with E-state index in [1.807, 2.05) is 0 Å². The predicted octanol–water partition coefficient (Wildman–Crippen LogP) is 0.0684. The van der Waals surface area contributed by atoms with Crippen LogP contribution in [0.5, 0.6) is 0 Å². The highest BCUT2D eigenvalue weighted by molar-refractivity contribution is 6.01. The molecule has 1 aliphatic heterocycles. The van der Waals surface area contributed by atoms with Crippen molar-refractivity contribution in [2.45, 2.75) is 37.6 Å². The van der Waals surface area contributed by atoms with Crippen LogP contribution in [-0.2, 0) is 20.8 Å². The van der Waals surface area contributed by atoms with Crippen molar-refractivity contribution in [1.82, 2.24) is 15.3 Å². The Morgan fingerprint density at radius 1 is 1.16 bits per heavy atom. The minimum Gasteiger partial charge on any atom is -0.481 e. The van der Waals surface area contributed by atoms with Gasteiger partial charge in [-0.15, -0.1) is 0 Å². The number of aryl methyl sites for hydroxylation is 1. The first-order valence-electron chi connectivity index (χ1n) is 9.70. The Morgan fingerprint density at radius 2 is 1.84 bits per heavy atom. The average Bonchev–Trinajstić information content (AvgIpc) is 3.04. The van der Waals surface area contributed by atoms with Gasteiger partial charge in [0.05, 0.1) is 11.5 Å². The molecule has 7 N–H and O–H groups in total. The normalized spacial score (nSPS) is 15.5. The van der Waals surface area contributed by atoms with Crippen molar-refractivity contribution >= 4 is 35.5 Å². The van der Waals surface area contributed by atoms with Gasteiger partial charge in [0.1, 0.15) is 11.9 Å². The number of nitrogen functional groups attached to an aromatic ring is 1. The molecule has 2 amide bonds. The number of rotatable bonds is 9. The Labute approximate surface area is 180 Å². The summed E-state index contributed by atoms with van der Waals surface area (Å²) in [6.45, 7) is 0. The molecule has 0 unspecified atom stereocenters. The zero-order valence-corrected chi connectivity index (χ0v) is 16.8. The molecule has 1 aromatic heterocycles. The van der Waals surface area contributed by atoms with Crippen LogP contribution in [0.1, 0.15) is 46.7 Å².